The van der Waals surface area contributed by atoms with Gasteiger partial charge in [0, 0.05) is 4.47 Å². The molecular formula is C11H8BrN3O. The zero-order valence-corrected chi connectivity index (χ0v) is 9.85. The van der Waals surface area contributed by atoms with Gasteiger partial charge in [-0.3, -0.25) is 4.40 Å². The van der Waals surface area contributed by atoms with Crippen LogP contribution in [0.15, 0.2) is 34.8 Å². The first-order valence-corrected chi connectivity index (χ1v) is 5.62. The zero-order chi connectivity index (χ0) is 11.1. The zero-order valence-electron chi connectivity index (χ0n) is 8.26. The molecule has 0 amide bonds. The summed E-state index contributed by atoms with van der Waals surface area (Å²) in [6.07, 6.45) is 0. The first kappa shape index (κ1) is 9.74. The van der Waals surface area contributed by atoms with Gasteiger partial charge in [-0.15, -0.1) is 10.2 Å². The minimum Gasteiger partial charge on any atom is -0.388 e. The lowest BCUT2D eigenvalue weighted by Gasteiger charge is -2.03. The summed E-state index contributed by atoms with van der Waals surface area (Å²) in [4.78, 5) is 0. The van der Waals surface area contributed by atoms with Crippen LogP contribution >= 0.6 is 15.9 Å². The number of aliphatic hydroxyl groups excluding tert-OH is 1. The maximum absolute atomic E-state index is 9.21. The summed E-state index contributed by atoms with van der Waals surface area (Å²) in [5.74, 6) is 0.558. The van der Waals surface area contributed by atoms with Crippen LogP contribution in [0.5, 0.6) is 0 Å². The monoisotopic (exact) mass is 277 g/mol. The van der Waals surface area contributed by atoms with Crippen molar-refractivity contribution in [3.8, 4) is 0 Å². The molecule has 0 atom stereocenters. The van der Waals surface area contributed by atoms with E-state index in [1.54, 1.807) is 0 Å². The maximum Gasteiger partial charge on any atom is 0.163 e. The Hall–Kier alpha value is -1.46. The molecular weight excluding hydrogens is 270 g/mol. The minimum atomic E-state index is -0.115. The van der Waals surface area contributed by atoms with Gasteiger partial charge in [-0.25, -0.2) is 0 Å². The number of rotatable bonds is 1. The fourth-order valence-corrected chi connectivity index (χ4v) is 2.21. The molecule has 0 aliphatic rings. The van der Waals surface area contributed by atoms with E-state index in [4.69, 9.17) is 0 Å². The van der Waals surface area contributed by atoms with Gasteiger partial charge in [0.05, 0.1) is 5.52 Å². The van der Waals surface area contributed by atoms with E-state index in [9.17, 15) is 5.11 Å². The lowest BCUT2D eigenvalue weighted by molar-refractivity contribution is 0.270. The number of halogens is 1. The molecule has 0 aliphatic heterocycles. The summed E-state index contributed by atoms with van der Waals surface area (Å²) >= 11 is 3.43. The second-order valence-electron chi connectivity index (χ2n) is 3.50. The minimum absolute atomic E-state index is 0.115. The van der Waals surface area contributed by atoms with Gasteiger partial charge in [0.2, 0.25) is 0 Å². The van der Waals surface area contributed by atoms with Crippen LogP contribution in [-0.4, -0.2) is 19.7 Å². The van der Waals surface area contributed by atoms with Crippen LogP contribution in [0.4, 0.5) is 0 Å². The highest BCUT2D eigenvalue weighted by atomic mass is 79.9. The normalized spacial score (nSPS) is 11.4. The van der Waals surface area contributed by atoms with Gasteiger partial charge >= 0.3 is 0 Å². The topological polar surface area (TPSA) is 50.4 Å². The number of hydrogen-bond donors (Lipinski definition) is 1. The molecule has 3 aromatic rings. The molecule has 0 fully saturated rings. The van der Waals surface area contributed by atoms with Crippen LogP contribution in [0.25, 0.3) is 16.6 Å². The number of benzene rings is 1. The van der Waals surface area contributed by atoms with E-state index in [0.29, 0.717) is 5.82 Å². The van der Waals surface area contributed by atoms with Crippen molar-refractivity contribution < 1.29 is 5.11 Å². The molecule has 0 saturated carbocycles. The summed E-state index contributed by atoms with van der Waals surface area (Å²) < 4.78 is 2.89. The number of fused-ring (bicyclic) bond motifs is 3. The first-order chi connectivity index (χ1) is 7.79. The van der Waals surface area contributed by atoms with Crippen LogP contribution in [0, 0.1) is 0 Å². The number of pyridine rings is 1. The van der Waals surface area contributed by atoms with Gasteiger partial charge in [0.25, 0.3) is 0 Å². The van der Waals surface area contributed by atoms with E-state index in [-0.39, 0.29) is 6.61 Å². The van der Waals surface area contributed by atoms with Crippen LogP contribution in [-0.2, 0) is 6.61 Å². The van der Waals surface area contributed by atoms with E-state index in [0.717, 1.165) is 21.0 Å². The summed E-state index contributed by atoms with van der Waals surface area (Å²) in [5.41, 5.74) is 1.74. The number of aliphatic hydroxyl groups is 1. The molecule has 2 heterocycles. The SMILES string of the molecule is OCc1nnc2ccc3cc(Br)ccc3n12. The number of hydrogen-bond acceptors (Lipinski definition) is 3. The molecule has 0 spiro atoms. The molecule has 4 nitrogen and oxygen atoms in total. The van der Waals surface area contributed by atoms with E-state index in [1.165, 1.54) is 0 Å². The van der Waals surface area contributed by atoms with Crippen molar-refractivity contribution in [3.05, 3.63) is 40.6 Å². The number of aromatic nitrogens is 3. The third-order valence-electron chi connectivity index (χ3n) is 2.54. The Labute approximate surface area is 99.7 Å². The van der Waals surface area contributed by atoms with Crippen LogP contribution in [0.2, 0.25) is 0 Å². The van der Waals surface area contributed by atoms with Gasteiger partial charge < -0.3 is 5.11 Å². The molecule has 5 heteroatoms. The van der Waals surface area contributed by atoms with Crippen molar-refractivity contribution in [2.45, 2.75) is 6.61 Å². The Morgan fingerprint density at radius 2 is 2.06 bits per heavy atom. The number of nitrogens with zero attached hydrogens (tertiary/aromatic N) is 3. The van der Waals surface area contributed by atoms with Gasteiger partial charge in [-0.1, -0.05) is 15.9 Å². The smallest absolute Gasteiger partial charge is 0.163 e. The second-order valence-corrected chi connectivity index (χ2v) is 4.42. The molecule has 0 unspecified atom stereocenters. The van der Waals surface area contributed by atoms with Gasteiger partial charge in [-0.05, 0) is 35.7 Å². The van der Waals surface area contributed by atoms with Crippen LogP contribution < -0.4 is 0 Å². The Kier molecular flexibility index (Phi) is 2.15. The predicted molar refractivity (Wildman–Crippen MR) is 64.1 cm³/mol. The fourth-order valence-electron chi connectivity index (χ4n) is 1.83. The van der Waals surface area contributed by atoms with Gasteiger partial charge in [0.1, 0.15) is 6.61 Å². The summed E-state index contributed by atoms with van der Waals surface area (Å²) in [6.45, 7) is -0.115. The van der Waals surface area contributed by atoms with Crippen molar-refractivity contribution in [2.75, 3.05) is 0 Å². The molecule has 0 saturated heterocycles. The Balaban J connectivity index is 2.51. The van der Waals surface area contributed by atoms with Crippen LogP contribution in [0.3, 0.4) is 0 Å². The van der Waals surface area contributed by atoms with Crippen molar-refractivity contribution in [3.63, 3.8) is 0 Å². The third kappa shape index (κ3) is 1.32. The van der Waals surface area contributed by atoms with Crippen molar-refractivity contribution in [1.29, 1.82) is 0 Å². The van der Waals surface area contributed by atoms with Crippen molar-refractivity contribution >= 4 is 32.5 Å². The summed E-state index contributed by atoms with van der Waals surface area (Å²) in [7, 11) is 0. The standard InChI is InChI=1S/C11H8BrN3O/c12-8-2-3-9-7(5-8)1-4-10-13-14-11(6-16)15(9)10/h1-5,16H,6H2. The molecule has 16 heavy (non-hydrogen) atoms. The quantitative estimate of drug-likeness (QED) is 0.742. The fraction of sp³-hybridized carbons (Fsp3) is 0.0909. The summed E-state index contributed by atoms with van der Waals surface area (Å²) in [5, 5.41) is 18.2. The van der Waals surface area contributed by atoms with E-state index >= 15 is 0 Å². The molecule has 0 radical (unpaired) electrons. The third-order valence-corrected chi connectivity index (χ3v) is 3.03. The highest BCUT2D eigenvalue weighted by Crippen LogP contribution is 2.21. The van der Waals surface area contributed by atoms with Crippen molar-refractivity contribution in [2.24, 2.45) is 0 Å². The second kappa shape index (κ2) is 3.54. The molecule has 3 rings (SSSR count). The molecule has 1 N–H and O–H groups in total. The highest BCUT2D eigenvalue weighted by Gasteiger charge is 2.07. The van der Waals surface area contributed by atoms with E-state index in [1.807, 2.05) is 34.7 Å². The predicted octanol–water partition coefficient (Wildman–Crippen LogP) is 2.14. The first-order valence-electron chi connectivity index (χ1n) is 4.83. The largest absolute Gasteiger partial charge is 0.388 e. The molecule has 0 bridgehead atoms. The Bertz CT molecular complexity index is 677. The lowest BCUT2D eigenvalue weighted by Crippen LogP contribution is -1.95. The molecule has 2 aromatic heterocycles. The Morgan fingerprint density at radius 3 is 2.88 bits per heavy atom. The van der Waals surface area contributed by atoms with Crippen molar-refractivity contribution in [1.82, 2.24) is 14.6 Å². The van der Waals surface area contributed by atoms with Crippen LogP contribution in [0.1, 0.15) is 5.82 Å². The highest BCUT2D eigenvalue weighted by molar-refractivity contribution is 9.10. The van der Waals surface area contributed by atoms with Gasteiger partial charge in [-0.2, -0.15) is 0 Å². The molecule has 1 aromatic carbocycles. The maximum atomic E-state index is 9.21. The molecule has 80 valence electrons. The average Bonchev–Trinajstić information content (AvgIpc) is 2.71. The summed E-state index contributed by atoms with van der Waals surface area (Å²) in [6, 6.07) is 9.85. The van der Waals surface area contributed by atoms with E-state index in [2.05, 4.69) is 26.1 Å². The average molecular weight is 278 g/mol. The lowest BCUT2D eigenvalue weighted by atomic mass is 10.2. The van der Waals surface area contributed by atoms with E-state index < -0.39 is 0 Å². The van der Waals surface area contributed by atoms with Gasteiger partial charge in [0.15, 0.2) is 11.5 Å². The Morgan fingerprint density at radius 1 is 1.19 bits per heavy atom. The molecule has 0 aliphatic carbocycles.